The minimum absolute atomic E-state index is 0.324. The lowest BCUT2D eigenvalue weighted by Crippen LogP contribution is -2.60. The number of hydrogen-bond donors (Lipinski definition) is 1. The van der Waals surface area contributed by atoms with Crippen molar-refractivity contribution < 1.29 is 44.6 Å². The fraction of sp³-hybridized carbons (Fsp3) is 0.400. The van der Waals surface area contributed by atoms with Crippen molar-refractivity contribution in [3.63, 3.8) is 0 Å². The van der Waals surface area contributed by atoms with E-state index in [1.54, 1.807) is 12.1 Å². The summed E-state index contributed by atoms with van der Waals surface area (Å²) in [6.45, 7) is 0. The standard InChI is InChI=1S/C15H9F9IO/c16-12(17,13(18,19)14(20,21)15(22,23)24)7-10(25)11(26)5-8-3-1-2-4-9(8)6-11/h1-5,7,26H,6H2. The third-order valence-corrected chi connectivity index (χ3v) is 5.05. The molecule has 11 heteroatoms. The highest BCUT2D eigenvalue weighted by atomic mass is 127. The highest BCUT2D eigenvalue weighted by Crippen LogP contribution is 2.54. The Morgan fingerprint density at radius 1 is 0.962 bits per heavy atom. The number of benzene rings is 1. The Bertz CT molecular complexity index is 699. The first-order valence-corrected chi connectivity index (χ1v) is 7.88. The SMILES string of the molecule is OC1(C(I)=CC(F)(F)C(F)(F)C(F)(F)C(F)(F)F)[CH]c2ccccc2C1. The number of alkyl halides is 9. The summed E-state index contributed by atoms with van der Waals surface area (Å²) in [5.41, 5.74) is -1.36. The maximum absolute atomic E-state index is 13.7. The lowest BCUT2D eigenvalue weighted by Gasteiger charge is -2.33. The van der Waals surface area contributed by atoms with Crippen molar-refractivity contribution >= 4 is 22.6 Å². The summed E-state index contributed by atoms with van der Waals surface area (Å²) in [5.74, 6) is -19.6. The Balaban J connectivity index is 2.38. The molecule has 26 heavy (non-hydrogen) atoms. The molecule has 0 saturated carbocycles. The molecule has 0 heterocycles. The van der Waals surface area contributed by atoms with Gasteiger partial charge < -0.3 is 5.11 Å². The molecule has 0 saturated heterocycles. The molecule has 0 aliphatic heterocycles. The summed E-state index contributed by atoms with van der Waals surface area (Å²) in [6.07, 6.45) is -6.92. The van der Waals surface area contributed by atoms with Crippen LogP contribution in [0.2, 0.25) is 0 Å². The molecule has 0 aromatic heterocycles. The molecule has 1 atom stereocenters. The van der Waals surface area contributed by atoms with E-state index in [1.807, 2.05) is 0 Å². The summed E-state index contributed by atoms with van der Waals surface area (Å²) in [6, 6.07) is 6.10. The molecule has 0 amide bonds. The number of rotatable bonds is 4. The zero-order valence-corrected chi connectivity index (χ0v) is 14.6. The van der Waals surface area contributed by atoms with Gasteiger partial charge in [0.1, 0.15) is 5.60 Å². The van der Waals surface area contributed by atoms with Crippen LogP contribution >= 0.6 is 22.6 Å². The van der Waals surface area contributed by atoms with E-state index < -0.39 is 39.2 Å². The van der Waals surface area contributed by atoms with Crippen molar-refractivity contribution in [1.29, 1.82) is 0 Å². The van der Waals surface area contributed by atoms with Gasteiger partial charge in [-0.2, -0.15) is 39.5 Å². The molecule has 145 valence electrons. The van der Waals surface area contributed by atoms with Gasteiger partial charge in [-0.3, -0.25) is 0 Å². The molecule has 0 fully saturated rings. The van der Waals surface area contributed by atoms with Gasteiger partial charge in [-0.05, 0) is 33.7 Å². The zero-order valence-electron chi connectivity index (χ0n) is 12.4. The molecule has 1 aliphatic carbocycles. The van der Waals surface area contributed by atoms with E-state index in [2.05, 4.69) is 0 Å². The highest BCUT2D eigenvalue weighted by molar-refractivity contribution is 14.1. The van der Waals surface area contributed by atoms with Gasteiger partial charge in [0.2, 0.25) is 0 Å². The van der Waals surface area contributed by atoms with Gasteiger partial charge in [-0.15, -0.1) is 0 Å². The summed E-state index contributed by atoms with van der Waals surface area (Å²) >= 11 is 1.01. The average molecular weight is 503 g/mol. The molecule has 1 aromatic carbocycles. The third-order valence-electron chi connectivity index (χ3n) is 3.80. The topological polar surface area (TPSA) is 20.2 Å². The second-order valence-electron chi connectivity index (χ2n) is 5.71. The highest BCUT2D eigenvalue weighted by Gasteiger charge is 2.81. The molecule has 2 rings (SSSR count). The number of halogens is 10. The van der Waals surface area contributed by atoms with Crippen LogP contribution in [0.15, 0.2) is 33.9 Å². The van der Waals surface area contributed by atoms with Crippen molar-refractivity contribution in [3.05, 3.63) is 51.5 Å². The lowest BCUT2D eigenvalue weighted by molar-refractivity contribution is -0.388. The number of aliphatic hydroxyl groups is 1. The van der Waals surface area contributed by atoms with Gasteiger partial charge in [0.05, 0.1) is 0 Å². The Kier molecular flexibility index (Phi) is 5.15. The Morgan fingerprint density at radius 2 is 1.50 bits per heavy atom. The molecule has 1 unspecified atom stereocenters. The Labute approximate surface area is 155 Å². The summed E-state index contributed by atoms with van der Waals surface area (Å²) < 4.78 is 115. The predicted molar refractivity (Wildman–Crippen MR) is 81.5 cm³/mol. The van der Waals surface area contributed by atoms with Crippen LogP contribution in [0, 0.1) is 6.42 Å². The maximum Gasteiger partial charge on any atom is 0.460 e. The van der Waals surface area contributed by atoms with Gasteiger partial charge in [0.15, 0.2) is 0 Å². The van der Waals surface area contributed by atoms with Crippen LogP contribution < -0.4 is 0 Å². The quantitative estimate of drug-likeness (QED) is 0.437. The predicted octanol–water partition coefficient (Wildman–Crippen LogP) is 5.31. The van der Waals surface area contributed by atoms with E-state index in [9.17, 15) is 44.6 Å². The van der Waals surface area contributed by atoms with Gasteiger partial charge >= 0.3 is 23.9 Å². The van der Waals surface area contributed by atoms with E-state index in [0.717, 1.165) is 29.0 Å². The fourth-order valence-corrected chi connectivity index (χ4v) is 3.09. The van der Waals surface area contributed by atoms with Gasteiger partial charge in [-0.25, -0.2) is 0 Å². The van der Waals surface area contributed by atoms with Crippen molar-refractivity contribution in [2.45, 2.75) is 36.0 Å². The van der Waals surface area contributed by atoms with E-state index >= 15 is 0 Å². The molecule has 1 aromatic rings. The minimum atomic E-state index is -6.97. The van der Waals surface area contributed by atoms with Crippen molar-refractivity contribution in [2.24, 2.45) is 0 Å². The lowest BCUT2D eigenvalue weighted by atomic mass is 9.96. The molecule has 0 spiro atoms. The Hall–Kier alpha value is -0.980. The Morgan fingerprint density at radius 3 is 2.00 bits per heavy atom. The molecular weight excluding hydrogens is 494 g/mol. The van der Waals surface area contributed by atoms with Gasteiger partial charge in [0.25, 0.3) is 0 Å². The first-order valence-electron chi connectivity index (χ1n) is 6.80. The van der Waals surface area contributed by atoms with Crippen molar-refractivity contribution in [2.75, 3.05) is 0 Å². The van der Waals surface area contributed by atoms with Crippen LogP contribution in [0.3, 0.4) is 0 Å². The number of fused-ring (bicyclic) bond motifs is 1. The fourth-order valence-electron chi connectivity index (χ4n) is 2.35. The van der Waals surface area contributed by atoms with Crippen LogP contribution in [0.4, 0.5) is 39.5 Å². The molecule has 0 bridgehead atoms. The molecule has 1 radical (unpaired) electrons. The molecule has 1 nitrogen and oxygen atoms in total. The van der Waals surface area contributed by atoms with Crippen LogP contribution in [0.5, 0.6) is 0 Å². The molecule has 1 aliphatic rings. The number of allylic oxidation sites excluding steroid dienone is 1. The maximum atomic E-state index is 13.7. The number of hydrogen-bond acceptors (Lipinski definition) is 1. The summed E-state index contributed by atoms with van der Waals surface area (Å²) in [4.78, 5) is 0. The zero-order chi connectivity index (χ0) is 20.2. The van der Waals surface area contributed by atoms with Crippen LogP contribution in [-0.2, 0) is 6.42 Å². The van der Waals surface area contributed by atoms with Crippen LogP contribution in [0.25, 0.3) is 0 Å². The van der Waals surface area contributed by atoms with E-state index in [1.165, 1.54) is 12.1 Å². The van der Waals surface area contributed by atoms with Crippen molar-refractivity contribution in [3.8, 4) is 0 Å². The van der Waals surface area contributed by atoms with E-state index in [0.29, 0.717) is 11.1 Å². The van der Waals surface area contributed by atoms with Crippen molar-refractivity contribution in [1.82, 2.24) is 0 Å². The van der Waals surface area contributed by atoms with E-state index in [4.69, 9.17) is 0 Å². The van der Waals surface area contributed by atoms with Crippen LogP contribution in [0.1, 0.15) is 11.1 Å². The smallest absolute Gasteiger partial charge is 0.384 e. The van der Waals surface area contributed by atoms with E-state index in [-0.39, 0.29) is 6.42 Å². The minimum Gasteiger partial charge on any atom is -0.384 e. The summed E-state index contributed by atoms with van der Waals surface area (Å²) in [5, 5.41) is 10.4. The molecular formula is C15H9F9IO. The van der Waals surface area contributed by atoms with Gasteiger partial charge in [-0.1, -0.05) is 24.3 Å². The normalized spacial score (nSPS) is 18.8. The van der Waals surface area contributed by atoms with Crippen LogP contribution in [-0.4, -0.2) is 34.7 Å². The third kappa shape index (κ3) is 3.32. The average Bonchev–Trinajstić information content (AvgIpc) is 2.82. The first kappa shape index (κ1) is 21.3. The second-order valence-corrected chi connectivity index (χ2v) is 6.87. The first-order chi connectivity index (χ1) is 11.6. The monoisotopic (exact) mass is 503 g/mol. The second kappa shape index (κ2) is 6.28. The van der Waals surface area contributed by atoms with Gasteiger partial charge in [0, 0.05) is 22.5 Å². The summed E-state index contributed by atoms with van der Waals surface area (Å²) in [7, 11) is 0. The largest absolute Gasteiger partial charge is 0.460 e. The molecule has 1 N–H and O–H groups in total.